The molecule has 2 aromatic carbocycles. The smallest absolute Gasteiger partial charge is 0.119 e. The summed E-state index contributed by atoms with van der Waals surface area (Å²) in [6.07, 6.45) is 2.91. The lowest BCUT2D eigenvalue weighted by Crippen LogP contribution is -2.10. The largest absolute Gasteiger partial charge is 0.492 e. The van der Waals surface area contributed by atoms with E-state index < -0.39 is 0 Å². The van der Waals surface area contributed by atoms with Gasteiger partial charge in [-0.2, -0.15) is 25.3 Å². The van der Waals surface area contributed by atoms with Gasteiger partial charge in [0.2, 0.25) is 0 Å². The first kappa shape index (κ1) is 20.1. The lowest BCUT2D eigenvalue weighted by Gasteiger charge is -2.12. The van der Waals surface area contributed by atoms with Crippen LogP contribution in [0.15, 0.2) is 48.5 Å². The Bertz CT molecular complexity index is 555. The fourth-order valence-corrected chi connectivity index (χ4v) is 2.41. The van der Waals surface area contributed by atoms with Crippen LogP contribution in [0.5, 0.6) is 11.5 Å². The second-order valence-electron chi connectivity index (χ2n) is 6.21. The minimum absolute atomic E-state index is 0.288. The third-order valence-electron chi connectivity index (χ3n) is 4.08. The molecule has 2 unspecified atom stereocenters. The molecule has 0 aromatic heterocycles. The Balaban J connectivity index is 1.85. The molecule has 2 aromatic rings. The van der Waals surface area contributed by atoms with E-state index in [0.29, 0.717) is 13.2 Å². The maximum Gasteiger partial charge on any atom is 0.119 e. The van der Waals surface area contributed by atoms with Gasteiger partial charge in [-0.25, -0.2) is 0 Å². The Morgan fingerprint density at radius 2 is 1.04 bits per heavy atom. The predicted octanol–water partition coefficient (Wildman–Crippen LogP) is 5.45. The molecule has 0 radical (unpaired) electrons. The zero-order chi connectivity index (χ0) is 18.1. The second kappa shape index (κ2) is 10.7. The van der Waals surface area contributed by atoms with Gasteiger partial charge in [-0.05, 0) is 54.7 Å². The molecule has 2 nitrogen and oxygen atoms in total. The van der Waals surface area contributed by atoms with Gasteiger partial charge in [0.25, 0.3) is 0 Å². The van der Waals surface area contributed by atoms with E-state index in [0.717, 1.165) is 30.8 Å². The Kier molecular flexibility index (Phi) is 8.56. The third kappa shape index (κ3) is 7.25. The minimum atomic E-state index is 0.288. The Hall–Kier alpha value is -1.26. The summed E-state index contributed by atoms with van der Waals surface area (Å²) in [6, 6.07) is 16.6. The van der Waals surface area contributed by atoms with Crippen molar-refractivity contribution in [3.05, 3.63) is 59.7 Å². The molecule has 4 heteroatoms. The van der Waals surface area contributed by atoms with Crippen molar-refractivity contribution in [1.82, 2.24) is 0 Å². The normalized spacial score (nSPS) is 13.3. The number of benzene rings is 2. The highest BCUT2D eigenvalue weighted by atomic mass is 32.1. The van der Waals surface area contributed by atoms with Crippen molar-refractivity contribution < 1.29 is 9.47 Å². The van der Waals surface area contributed by atoms with Crippen LogP contribution in [-0.4, -0.2) is 23.7 Å². The van der Waals surface area contributed by atoms with E-state index in [2.05, 4.69) is 63.4 Å². The van der Waals surface area contributed by atoms with Gasteiger partial charge in [-0.1, -0.05) is 38.1 Å². The first-order valence-corrected chi connectivity index (χ1v) is 9.93. The van der Waals surface area contributed by atoms with Gasteiger partial charge in [-0.3, -0.25) is 0 Å². The zero-order valence-corrected chi connectivity index (χ0v) is 16.8. The molecule has 0 spiro atoms. The first-order chi connectivity index (χ1) is 12.1. The lowest BCUT2D eigenvalue weighted by atomic mass is 10.0. The van der Waals surface area contributed by atoms with Crippen LogP contribution < -0.4 is 9.47 Å². The summed E-state index contributed by atoms with van der Waals surface area (Å²) in [5.41, 5.74) is 2.53. The predicted molar refractivity (Wildman–Crippen MR) is 113 cm³/mol. The molecule has 0 aliphatic heterocycles. The minimum Gasteiger partial charge on any atom is -0.492 e. The number of ether oxygens (including phenoxy) is 2. The number of hydrogen-bond acceptors (Lipinski definition) is 4. The molecule has 0 amide bonds. The summed E-state index contributed by atoms with van der Waals surface area (Å²) in [5, 5.41) is 0.575. The van der Waals surface area contributed by atoms with Gasteiger partial charge in [0, 0.05) is 10.5 Å². The Morgan fingerprint density at radius 3 is 1.36 bits per heavy atom. The van der Waals surface area contributed by atoms with Gasteiger partial charge in [0.05, 0.1) is 13.2 Å². The topological polar surface area (TPSA) is 18.5 Å². The van der Waals surface area contributed by atoms with E-state index in [9.17, 15) is 0 Å². The molecule has 0 aliphatic carbocycles. The van der Waals surface area contributed by atoms with Crippen LogP contribution in [0.2, 0.25) is 0 Å². The molecular weight excluding hydrogens is 348 g/mol. The van der Waals surface area contributed by atoms with Crippen molar-refractivity contribution in [2.24, 2.45) is 0 Å². The molecule has 0 N–H and O–H groups in total. The standard InChI is InChI=1S/C21H28O2S2/c1-3-20(24)14-22-18-9-5-16(6-10-18)13-17-7-11-19(12-8-17)23-15-21(25)4-2/h5-12,20-21,24-25H,3-4,13-15H2,1-2H3. The quantitative estimate of drug-likeness (QED) is 0.537. The second-order valence-corrected chi connectivity index (χ2v) is 7.67. The summed E-state index contributed by atoms with van der Waals surface area (Å²) in [5.74, 6) is 1.80. The maximum atomic E-state index is 5.74. The summed E-state index contributed by atoms with van der Waals surface area (Å²) in [6.45, 7) is 5.51. The molecule has 136 valence electrons. The van der Waals surface area contributed by atoms with Crippen molar-refractivity contribution in [2.75, 3.05) is 13.2 Å². The monoisotopic (exact) mass is 376 g/mol. The maximum absolute atomic E-state index is 5.74. The first-order valence-electron chi connectivity index (χ1n) is 8.90. The van der Waals surface area contributed by atoms with Crippen LogP contribution in [-0.2, 0) is 6.42 Å². The molecule has 0 saturated carbocycles. The molecule has 0 fully saturated rings. The van der Waals surface area contributed by atoms with Crippen LogP contribution in [0.4, 0.5) is 0 Å². The van der Waals surface area contributed by atoms with Crippen LogP contribution in [0.3, 0.4) is 0 Å². The molecule has 25 heavy (non-hydrogen) atoms. The molecule has 0 aliphatic rings. The zero-order valence-electron chi connectivity index (χ0n) is 15.0. The van der Waals surface area contributed by atoms with Crippen LogP contribution >= 0.6 is 25.3 Å². The Labute approximate surface area is 162 Å². The average molecular weight is 377 g/mol. The van der Waals surface area contributed by atoms with Crippen molar-refractivity contribution in [2.45, 2.75) is 43.6 Å². The number of rotatable bonds is 10. The number of thiol groups is 2. The highest BCUT2D eigenvalue weighted by molar-refractivity contribution is 7.81. The van der Waals surface area contributed by atoms with E-state index in [1.54, 1.807) is 0 Å². The van der Waals surface area contributed by atoms with Crippen molar-refractivity contribution >= 4 is 25.3 Å². The van der Waals surface area contributed by atoms with E-state index in [1.165, 1.54) is 11.1 Å². The fraction of sp³-hybridized carbons (Fsp3) is 0.429. The molecule has 2 atom stereocenters. The molecule has 0 heterocycles. The fourth-order valence-electron chi connectivity index (χ4n) is 2.26. The highest BCUT2D eigenvalue weighted by Gasteiger charge is 2.04. The highest BCUT2D eigenvalue weighted by Crippen LogP contribution is 2.19. The summed E-state index contributed by atoms with van der Waals surface area (Å²) in [4.78, 5) is 0. The van der Waals surface area contributed by atoms with Crippen molar-refractivity contribution in [3.63, 3.8) is 0 Å². The number of hydrogen-bond donors (Lipinski definition) is 2. The van der Waals surface area contributed by atoms with E-state index in [1.807, 2.05) is 24.3 Å². The van der Waals surface area contributed by atoms with Crippen molar-refractivity contribution in [1.29, 1.82) is 0 Å². The molecule has 2 rings (SSSR count). The van der Waals surface area contributed by atoms with Gasteiger partial charge < -0.3 is 9.47 Å². The Morgan fingerprint density at radius 1 is 0.680 bits per heavy atom. The van der Waals surface area contributed by atoms with Gasteiger partial charge >= 0.3 is 0 Å². The van der Waals surface area contributed by atoms with Crippen molar-refractivity contribution in [3.8, 4) is 11.5 Å². The third-order valence-corrected chi connectivity index (χ3v) is 5.11. The summed E-state index contributed by atoms with van der Waals surface area (Å²) < 4.78 is 11.5. The van der Waals surface area contributed by atoms with E-state index >= 15 is 0 Å². The lowest BCUT2D eigenvalue weighted by molar-refractivity contribution is 0.315. The van der Waals surface area contributed by atoms with Gasteiger partial charge in [0.1, 0.15) is 11.5 Å². The average Bonchev–Trinajstić information content (AvgIpc) is 2.66. The van der Waals surface area contributed by atoms with Gasteiger partial charge in [0.15, 0.2) is 0 Å². The van der Waals surface area contributed by atoms with Crippen LogP contribution in [0.1, 0.15) is 37.8 Å². The van der Waals surface area contributed by atoms with E-state index in [-0.39, 0.29) is 10.5 Å². The van der Waals surface area contributed by atoms with E-state index in [4.69, 9.17) is 9.47 Å². The van der Waals surface area contributed by atoms with Crippen LogP contribution in [0, 0.1) is 0 Å². The van der Waals surface area contributed by atoms with Gasteiger partial charge in [-0.15, -0.1) is 0 Å². The molecular formula is C21H28O2S2. The molecule has 0 bridgehead atoms. The summed E-state index contributed by atoms with van der Waals surface area (Å²) in [7, 11) is 0. The molecule has 0 saturated heterocycles. The SMILES string of the molecule is CCC(S)COc1ccc(Cc2ccc(OCC(S)CC)cc2)cc1. The summed E-state index contributed by atoms with van der Waals surface area (Å²) >= 11 is 8.89. The van der Waals surface area contributed by atoms with Crippen LogP contribution in [0.25, 0.3) is 0 Å².